The van der Waals surface area contributed by atoms with Crippen molar-refractivity contribution in [2.75, 3.05) is 0 Å². The topological polar surface area (TPSA) is 57.3 Å². The Morgan fingerprint density at radius 2 is 2.18 bits per heavy atom. The molecule has 0 atom stereocenters. The van der Waals surface area contributed by atoms with E-state index in [1.54, 1.807) is 6.07 Å². The lowest BCUT2D eigenvalue weighted by Gasteiger charge is -2.06. The summed E-state index contributed by atoms with van der Waals surface area (Å²) >= 11 is 0. The minimum atomic E-state index is -0.384. The van der Waals surface area contributed by atoms with E-state index < -0.39 is 0 Å². The highest BCUT2D eigenvalue weighted by Crippen LogP contribution is 2.38. The molecule has 0 aliphatic heterocycles. The fourth-order valence-electron chi connectivity index (χ4n) is 2.70. The standard InChI is InChI=1S/C17H20N2O3/c1-11-8-16(22-18-11)10-21-17(20)7-4-14-9-12(2)19(13(14)3)15-5-6-15/h4,7-9,15H,5-6,10H2,1-3H3/b7-4+. The van der Waals surface area contributed by atoms with E-state index in [-0.39, 0.29) is 12.6 Å². The molecule has 1 aliphatic carbocycles. The van der Waals surface area contributed by atoms with Gasteiger partial charge in [0.1, 0.15) is 0 Å². The number of hydrogen-bond acceptors (Lipinski definition) is 4. The summed E-state index contributed by atoms with van der Waals surface area (Å²) in [7, 11) is 0. The summed E-state index contributed by atoms with van der Waals surface area (Å²) < 4.78 is 12.5. The first-order valence-electron chi connectivity index (χ1n) is 7.50. The van der Waals surface area contributed by atoms with Crippen molar-refractivity contribution in [1.29, 1.82) is 0 Å². The van der Waals surface area contributed by atoms with Gasteiger partial charge in [0.2, 0.25) is 0 Å². The predicted octanol–water partition coefficient (Wildman–Crippen LogP) is 3.49. The summed E-state index contributed by atoms with van der Waals surface area (Å²) in [6.45, 7) is 6.12. The van der Waals surface area contributed by atoms with Crippen LogP contribution in [0.25, 0.3) is 6.08 Å². The molecule has 0 amide bonds. The number of rotatable bonds is 5. The maximum absolute atomic E-state index is 11.8. The van der Waals surface area contributed by atoms with Crippen molar-refractivity contribution >= 4 is 12.0 Å². The van der Waals surface area contributed by atoms with Gasteiger partial charge in [-0.15, -0.1) is 0 Å². The van der Waals surface area contributed by atoms with E-state index in [1.807, 2.05) is 13.0 Å². The molecule has 0 aromatic carbocycles. The first-order valence-corrected chi connectivity index (χ1v) is 7.50. The Balaban J connectivity index is 1.61. The van der Waals surface area contributed by atoms with Gasteiger partial charge in [-0.2, -0.15) is 0 Å². The average molecular weight is 300 g/mol. The summed E-state index contributed by atoms with van der Waals surface area (Å²) in [5.74, 6) is 0.163. The molecule has 22 heavy (non-hydrogen) atoms. The maximum Gasteiger partial charge on any atom is 0.331 e. The Kier molecular flexibility index (Phi) is 3.88. The van der Waals surface area contributed by atoms with Gasteiger partial charge in [-0.3, -0.25) is 0 Å². The van der Waals surface area contributed by atoms with Crippen LogP contribution in [0.5, 0.6) is 0 Å². The fraction of sp³-hybridized carbons (Fsp3) is 0.412. The van der Waals surface area contributed by atoms with Gasteiger partial charge in [-0.05, 0) is 51.3 Å². The highest BCUT2D eigenvalue weighted by molar-refractivity contribution is 5.87. The minimum Gasteiger partial charge on any atom is -0.454 e. The fourth-order valence-corrected chi connectivity index (χ4v) is 2.70. The van der Waals surface area contributed by atoms with Gasteiger partial charge in [0.15, 0.2) is 12.4 Å². The van der Waals surface area contributed by atoms with Crippen molar-refractivity contribution in [3.63, 3.8) is 0 Å². The number of carbonyl (C=O) groups excluding carboxylic acids is 1. The molecular formula is C17H20N2O3. The molecule has 5 heteroatoms. The van der Waals surface area contributed by atoms with Gasteiger partial charge in [-0.25, -0.2) is 4.79 Å². The first-order chi connectivity index (χ1) is 10.5. The summed E-state index contributed by atoms with van der Waals surface area (Å²) in [6, 6.07) is 4.50. The Hall–Kier alpha value is -2.30. The summed E-state index contributed by atoms with van der Waals surface area (Å²) in [4.78, 5) is 11.8. The molecule has 3 rings (SSSR count). The molecule has 5 nitrogen and oxygen atoms in total. The number of ether oxygens (including phenoxy) is 1. The summed E-state index contributed by atoms with van der Waals surface area (Å²) in [5, 5.41) is 3.75. The molecule has 116 valence electrons. The van der Waals surface area contributed by atoms with Gasteiger partial charge >= 0.3 is 5.97 Å². The van der Waals surface area contributed by atoms with E-state index in [0.29, 0.717) is 11.8 Å². The zero-order valence-electron chi connectivity index (χ0n) is 13.1. The highest BCUT2D eigenvalue weighted by Gasteiger charge is 2.26. The molecule has 1 saturated carbocycles. The molecule has 0 saturated heterocycles. The monoisotopic (exact) mass is 300 g/mol. The Labute approximate surface area is 129 Å². The van der Waals surface area contributed by atoms with Crippen LogP contribution in [0.2, 0.25) is 0 Å². The van der Waals surface area contributed by atoms with Crippen LogP contribution >= 0.6 is 0 Å². The van der Waals surface area contributed by atoms with Crippen LogP contribution in [0.1, 0.15) is 47.3 Å². The lowest BCUT2D eigenvalue weighted by atomic mass is 10.2. The third-order valence-corrected chi connectivity index (χ3v) is 3.87. The molecule has 0 radical (unpaired) electrons. The van der Waals surface area contributed by atoms with Crippen molar-refractivity contribution in [3.05, 3.63) is 46.6 Å². The second kappa shape index (κ2) is 5.83. The number of hydrogen-bond donors (Lipinski definition) is 0. The summed E-state index contributed by atoms with van der Waals surface area (Å²) in [6.07, 6.45) is 5.77. The van der Waals surface area contributed by atoms with Crippen LogP contribution < -0.4 is 0 Å². The van der Waals surface area contributed by atoms with E-state index in [2.05, 4.69) is 29.6 Å². The average Bonchev–Trinajstić information content (AvgIpc) is 3.15. The molecule has 0 bridgehead atoms. The SMILES string of the molecule is Cc1cc(COC(=O)/C=C/c2cc(C)n(C3CC3)c2C)on1. The second-order valence-electron chi connectivity index (χ2n) is 5.80. The Morgan fingerprint density at radius 3 is 2.82 bits per heavy atom. The Morgan fingerprint density at radius 1 is 1.41 bits per heavy atom. The van der Waals surface area contributed by atoms with Crippen molar-refractivity contribution in [3.8, 4) is 0 Å². The Bertz CT molecular complexity index is 720. The molecule has 1 fully saturated rings. The van der Waals surface area contributed by atoms with Gasteiger partial charge < -0.3 is 13.8 Å². The van der Waals surface area contributed by atoms with Crippen molar-refractivity contribution in [2.45, 2.75) is 46.3 Å². The van der Waals surface area contributed by atoms with Gasteiger partial charge in [0.25, 0.3) is 0 Å². The van der Waals surface area contributed by atoms with Crippen LogP contribution in [0.3, 0.4) is 0 Å². The molecule has 0 unspecified atom stereocenters. The molecule has 2 aromatic rings. The highest BCUT2D eigenvalue weighted by atomic mass is 16.5. The van der Waals surface area contributed by atoms with Gasteiger partial charge in [0, 0.05) is 29.6 Å². The molecule has 0 N–H and O–H groups in total. The summed E-state index contributed by atoms with van der Waals surface area (Å²) in [5.41, 5.74) is 4.28. The molecule has 1 aliphatic rings. The smallest absolute Gasteiger partial charge is 0.331 e. The van der Waals surface area contributed by atoms with Crippen LogP contribution in [-0.2, 0) is 16.1 Å². The number of carbonyl (C=O) groups is 1. The van der Waals surface area contributed by atoms with Crippen LogP contribution in [0.15, 0.2) is 22.7 Å². The molecule has 2 aromatic heterocycles. The normalized spacial score (nSPS) is 14.7. The minimum absolute atomic E-state index is 0.102. The van der Waals surface area contributed by atoms with Crippen molar-refractivity contribution < 1.29 is 14.1 Å². The lowest BCUT2D eigenvalue weighted by molar-refractivity contribution is -0.139. The van der Waals surface area contributed by atoms with E-state index in [4.69, 9.17) is 9.26 Å². The zero-order valence-corrected chi connectivity index (χ0v) is 13.1. The van der Waals surface area contributed by atoms with E-state index in [0.717, 1.165) is 11.3 Å². The van der Waals surface area contributed by atoms with Gasteiger partial charge in [-0.1, -0.05) is 5.16 Å². The molecular weight excluding hydrogens is 280 g/mol. The zero-order chi connectivity index (χ0) is 15.7. The van der Waals surface area contributed by atoms with Gasteiger partial charge in [0.05, 0.1) is 5.69 Å². The van der Waals surface area contributed by atoms with Crippen molar-refractivity contribution in [1.82, 2.24) is 9.72 Å². The van der Waals surface area contributed by atoms with E-state index in [1.165, 1.54) is 30.3 Å². The van der Waals surface area contributed by atoms with E-state index in [9.17, 15) is 4.79 Å². The van der Waals surface area contributed by atoms with E-state index >= 15 is 0 Å². The molecule has 0 spiro atoms. The third kappa shape index (κ3) is 3.13. The van der Waals surface area contributed by atoms with Crippen LogP contribution in [0, 0.1) is 20.8 Å². The maximum atomic E-state index is 11.8. The predicted molar refractivity (Wildman–Crippen MR) is 82.2 cm³/mol. The second-order valence-corrected chi connectivity index (χ2v) is 5.80. The number of esters is 1. The number of nitrogens with zero attached hydrogens (tertiary/aromatic N) is 2. The molecule has 2 heterocycles. The first kappa shape index (κ1) is 14.6. The van der Waals surface area contributed by atoms with Crippen LogP contribution in [0.4, 0.5) is 0 Å². The third-order valence-electron chi connectivity index (χ3n) is 3.87. The largest absolute Gasteiger partial charge is 0.454 e. The number of aryl methyl sites for hydroxylation is 2. The number of aromatic nitrogens is 2. The quantitative estimate of drug-likeness (QED) is 0.626. The van der Waals surface area contributed by atoms with Crippen LogP contribution in [-0.4, -0.2) is 15.7 Å². The van der Waals surface area contributed by atoms with Crippen molar-refractivity contribution in [2.24, 2.45) is 0 Å². The lowest BCUT2D eigenvalue weighted by Crippen LogP contribution is -2.00.